The van der Waals surface area contributed by atoms with Gasteiger partial charge in [0.25, 0.3) is 0 Å². The van der Waals surface area contributed by atoms with Crippen LogP contribution >= 0.6 is 0 Å². The van der Waals surface area contributed by atoms with E-state index in [1.807, 2.05) is 6.07 Å². The van der Waals surface area contributed by atoms with E-state index in [0.29, 0.717) is 6.61 Å². The van der Waals surface area contributed by atoms with Crippen molar-refractivity contribution >= 4 is 31.9 Å². The summed E-state index contributed by atoms with van der Waals surface area (Å²) < 4.78 is 10.7. The fourth-order valence-corrected chi connectivity index (χ4v) is 3.36. The van der Waals surface area contributed by atoms with E-state index in [-0.39, 0.29) is 11.4 Å². The molecule has 25 heavy (non-hydrogen) atoms. The van der Waals surface area contributed by atoms with Crippen LogP contribution in [0.4, 0.5) is 0 Å². The van der Waals surface area contributed by atoms with Crippen LogP contribution in [0.2, 0.25) is 13.1 Å². The molecule has 0 radical (unpaired) electrons. The Balaban J connectivity index is 2.51. The van der Waals surface area contributed by atoms with Crippen LogP contribution in [0.1, 0.15) is 37.5 Å². The minimum absolute atomic E-state index is 0.0644. The lowest BCUT2D eigenvalue weighted by Gasteiger charge is -2.25. The van der Waals surface area contributed by atoms with Gasteiger partial charge in [0, 0.05) is 6.08 Å². The maximum atomic E-state index is 11.3. The Labute approximate surface area is 152 Å². The second kappa shape index (κ2) is 7.98. The molecule has 0 N–H and O–H groups in total. The summed E-state index contributed by atoms with van der Waals surface area (Å²) in [5, 5.41) is 2.38. The minimum atomic E-state index is -1.09. The topological polar surface area (TPSA) is 35.5 Å². The summed E-state index contributed by atoms with van der Waals surface area (Å²) in [6, 6.07) is 10.6. The van der Waals surface area contributed by atoms with Crippen molar-refractivity contribution in [1.82, 2.24) is 0 Å². The van der Waals surface area contributed by atoms with Crippen molar-refractivity contribution in [2.75, 3.05) is 7.11 Å². The maximum absolute atomic E-state index is 11.3. The lowest BCUT2D eigenvalue weighted by Crippen LogP contribution is -2.17. The first kappa shape index (κ1) is 19.4. The van der Waals surface area contributed by atoms with Gasteiger partial charge in [0.2, 0.25) is 0 Å². The van der Waals surface area contributed by atoms with E-state index in [2.05, 4.69) is 62.9 Å². The van der Waals surface area contributed by atoms with Crippen molar-refractivity contribution in [2.45, 2.75) is 45.9 Å². The number of fused-ring (bicyclic) bond motifs is 1. The monoisotopic (exact) mass is 356 g/mol. The molecule has 0 unspecified atom stereocenters. The third kappa shape index (κ3) is 5.03. The number of hydrogen-bond acceptors (Lipinski definition) is 3. The van der Waals surface area contributed by atoms with Gasteiger partial charge >= 0.3 is 5.97 Å². The van der Waals surface area contributed by atoms with E-state index in [4.69, 9.17) is 4.43 Å². The highest BCUT2D eigenvalue weighted by Gasteiger charge is 2.20. The standard InChI is InChI=1S/C21H28O3Si/c1-21(2,3)19-11-9-16-13-15(8-12-20(22)23-4)7-10-17(16)18(19)14-24-25(5)6/h7-13,25H,14H2,1-6H3. The highest BCUT2D eigenvalue weighted by atomic mass is 28.3. The van der Waals surface area contributed by atoms with Crippen LogP contribution < -0.4 is 0 Å². The number of ether oxygens (including phenoxy) is 1. The second-order valence-corrected chi connectivity index (χ2v) is 9.97. The molecule has 0 amide bonds. The molecular formula is C21H28O3Si. The highest BCUT2D eigenvalue weighted by Crippen LogP contribution is 2.32. The van der Waals surface area contributed by atoms with Gasteiger partial charge in [0.1, 0.15) is 0 Å². The number of benzene rings is 2. The molecule has 0 aliphatic carbocycles. The largest absolute Gasteiger partial charge is 0.466 e. The van der Waals surface area contributed by atoms with Crippen molar-refractivity contribution in [2.24, 2.45) is 0 Å². The number of esters is 1. The molecule has 0 spiro atoms. The van der Waals surface area contributed by atoms with Gasteiger partial charge in [-0.2, -0.15) is 0 Å². The van der Waals surface area contributed by atoms with E-state index in [9.17, 15) is 4.79 Å². The summed E-state index contributed by atoms with van der Waals surface area (Å²) in [5.74, 6) is -0.348. The average Bonchev–Trinajstić information content (AvgIpc) is 2.55. The molecule has 2 aromatic rings. The molecule has 0 heterocycles. The zero-order chi connectivity index (χ0) is 18.6. The van der Waals surface area contributed by atoms with Gasteiger partial charge in [-0.3, -0.25) is 0 Å². The molecule has 2 aromatic carbocycles. The van der Waals surface area contributed by atoms with Crippen LogP contribution in [0.25, 0.3) is 16.8 Å². The van der Waals surface area contributed by atoms with Crippen LogP contribution in [-0.4, -0.2) is 22.1 Å². The molecule has 3 nitrogen and oxygen atoms in total. The van der Waals surface area contributed by atoms with E-state index in [1.165, 1.54) is 29.7 Å². The summed E-state index contributed by atoms with van der Waals surface area (Å²) in [4.78, 5) is 11.3. The van der Waals surface area contributed by atoms with E-state index in [0.717, 1.165) is 10.9 Å². The van der Waals surface area contributed by atoms with E-state index >= 15 is 0 Å². The smallest absolute Gasteiger partial charge is 0.330 e. The van der Waals surface area contributed by atoms with Gasteiger partial charge in [-0.15, -0.1) is 0 Å². The molecule has 0 aliphatic rings. The Hall–Kier alpha value is -1.91. The normalized spacial score (nSPS) is 12.3. The Bertz CT molecular complexity index is 786. The van der Waals surface area contributed by atoms with Gasteiger partial charge in [-0.05, 0) is 58.1 Å². The Morgan fingerprint density at radius 2 is 1.88 bits per heavy atom. The molecule has 0 atom stereocenters. The first-order valence-electron chi connectivity index (χ1n) is 8.66. The molecular weight excluding hydrogens is 328 g/mol. The van der Waals surface area contributed by atoms with Crippen LogP contribution in [0.3, 0.4) is 0 Å². The minimum Gasteiger partial charge on any atom is -0.466 e. The predicted octanol–water partition coefficient (Wildman–Crippen LogP) is 4.82. The highest BCUT2D eigenvalue weighted by molar-refractivity contribution is 6.48. The van der Waals surface area contributed by atoms with Crippen molar-refractivity contribution < 1.29 is 14.0 Å². The Morgan fingerprint density at radius 1 is 1.16 bits per heavy atom. The number of hydrogen-bond donors (Lipinski definition) is 0. The Morgan fingerprint density at radius 3 is 2.48 bits per heavy atom. The molecule has 0 saturated heterocycles. The fourth-order valence-electron chi connectivity index (χ4n) is 2.86. The number of methoxy groups -OCH3 is 1. The molecule has 0 saturated carbocycles. The summed E-state index contributed by atoms with van der Waals surface area (Å²) in [6.07, 6.45) is 3.22. The molecule has 134 valence electrons. The third-order valence-corrected chi connectivity index (χ3v) is 4.97. The van der Waals surface area contributed by atoms with Gasteiger partial charge < -0.3 is 9.16 Å². The molecule has 0 bridgehead atoms. The summed E-state index contributed by atoms with van der Waals surface area (Å²) in [5.41, 5.74) is 3.64. The van der Waals surface area contributed by atoms with Gasteiger partial charge in [-0.1, -0.05) is 45.0 Å². The molecule has 0 aromatic heterocycles. The maximum Gasteiger partial charge on any atom is 0.330 e. The zero-order valence-corrected chi connectivity index (χ0v) is 17.2. The number of carbonyl (C=O) groups is 1. The lowest BCUT2D eigenvalue weighted by molar-refractivity contribution is -0.134. The quantitative estimate of drug-likeness (QED) is 0.437. The molecule has 0 fully saturated rings. The first-order chi connectivity index (χ1) is 11.7. The third-order valence-electron chi connectivity index (χ3n) is 4.14. The molecule has 4 heteroatoms. The molecule has 0 aliphatic heterocycles. The average molecular weight is 357 g/mol. The predicted molar refractivity (Wildman–Crippen MR) is 107 cm³/mol. The van der Waals surface area contributed by atoms with Crippen LogP contribution in [0.5, 0.6) is 0 Å². The van der Waals surface area contributed by atoms with Crippen LogP contribution in [0, 0.1) is 0 Å². The number of carbonyl (C=O) groups excluding carboxylic acids is 1. The zero-order valence-electron chi connectivity index (χ0n) is 16.1. The van der Waals surface area contributed by atoms with Crippen molar-refractivity contribution in [3.05, 3.63) is 53.1 Å². The van der Waals surface area contributed by atoms with E-state index < -0.39 is 9.04 Å². The fraction of sp³-hybridized carbons (Fsp3) is 0.381. The van der Waals surface area contributed by atoms with E-state index in [1.54, 1.807) is 6.08 Å². The van der Waals surface area contributed by atoms with Crippen molar-refractivity contribution in [3.63, 3.8) is 0 Å². The van der Waals surface area contributed by atoms with Gasteiger partial charge in [0.05, 0.1) is 13.7 Å². The van der Waals surface area contributed by atoms with Crippen LogP contribution in [0.15, 0.2) is 36.4 Å². The second-order valence-electron chi connectivity index (χ2n) is 7.54. The van der Waals surface area contributed by atoms with Gasteiger partial charge in [-0.25, -0.2) is 4.79 Å². The molecule has 2 rings (SSSR count). The number of rotatable bonds is 5. The van der Waals surface area contributed by atoms with Crippen molar-refractivity contribution in [1.29, 1.82) is 0 Å². The van der Waals surface area contributed by atoms with Crippen LogP contribution in [-0.2, 0) is 26.0 Å². The summed E-state index contributed by atoms with van der Waals surface area (Å²) in [7, 11) is 0.286. The summed E-state index contributed by atoms with van der Waals surface area (Å²) in [6.45, 7) is 11.7. The summed E-state index contributed by atoms with van der Waals surface area (Å²) >= 11 is 0. The SMILES string of the molecule is COC(=O)C=Cc1ccc2c(CO[SiH](C)C)c(C(C)(C)C)ccc2c1. The first-order valence-corrected chi connectivity index (χ1v) is 11.4. The van der Waals surface area contributed by atoms with Crippen molar-refractivity contribution in [3.8, 4) is 0 Å². The Kier molecular flexibility index (Phi) is 6.19. The lowest BCUT2D eigenvalue weighted by atomic mass is 9.82. The van der Waals surface area contributed by atoms with Gasteiger partial charge in [0.15, 0.2) is 9.04 Å².